The molecule has 0 bridgehead atoms. The zero-order valence-corrected chi connectivity index (χ0v) is 23.2. The topological polar surface area (TPSA) is 99.4 Å². The number of tetrazole rings is 1. The third-order valence-electron chi connectivity index (χ3n) is 6.22. The molecule has 39 heavy (non-hydrogen) atoms. The first kappa shape index (κ1) is 28.2. The van der Waals surface area contributed by atoms with Gasteiger partial charge in [-0.1, -0.05) is 23.2 Å². The minimum absolute atomic E-state index is 0.0165. The maximum Gasteiger partial charge on any atom is 0.264 e. The maximum absolute atomic E-state index is 14.5. The molecule has 0 fully saturated rings. The van der Waals surface area contributed by atoms with Crippen molar-refractivity contribution in [1.82, 2.24) is 24.5 Å². The van der Waals surface area contributed by atoms with E-state index in [4.69, 9.17) is 21.1 Å². The molecule has 0 spiro atoms. The zero-order chi connectivity index (χ0) is 28.3. The largest absolute Gasteiger partial charge is 0.493 e. The van der Waals surface area contributed by atoms with Crippen LogP contribution in [0, 0.1) is 11.6 Å². The van der Waals surface area contributed by atoms with Crippen LogP contribution in [0.25, 0.3) is 0 Å². The van der Waals surface area contributed by atoms with Crippen molar-refractivity contribution in [2.45, 2.75) is 30.7 Å². The highest BCUT2D eigenvalue weighted by Crippen LogP contribution is 2.38. The lowest BCUT2D eigenvalue weighted by atomic mass is 10.00. The minimum atomic E-state index is -4.27. The first-order valence-electron chi connectivity index (χ1n) is 11.7. The van der Waals surface area contributed by atoms with Crippen LogP contribution in [0.15, 0.2) is 75.8 Å². The molecular weight excluding hydrogens is 552 g/mol. The van der Waals surface area contributed by atoms with Crippen LogP contribution in [0.1, 0.15) is 30.8 Å². The third-order valence-corrected chi connectivity index (χ3v) is 8.38. The molecule has 9 nitrogen and oxygen atoms in total. The van der Waals surface area contributed by atoms with Gasteiger partial charge in [-0.2, -0.15) is 0 Å². The van der Waals surface area contributed by atoms with Crippen LogP contribution in [0.2, 0.25) is 0 Å². The Morgan fingerprint density at radius 2 is 1.79 bits per heavy atom. The number of halogens is 3. The van der Waals surface area contributed by atoms with Gasteiger partial charge in [0.15, 0.2) is 17.3 Å². The van der Waals surface area contributed by atoms with Crippen molar-refractivity contribution in [3.63, 3.8) is 0 Å². The summed E-state index contributed by atoms with van der Waals surface area (Å²) in [7, 11) is 0.168. The van der Waals surface area contributed by atoms with Crippen LogP contribution in [0.3, 0.4) is 0 Å². The lowest BCUT2D eigenvalue weighted by Gasteiger charge is -2.32. The number of hydrogen-bond acceptors (Lipinski definition) is 7. The van der Waals surface area contributed by atoms with Gasteiger partial charge in [0.25, 0.3) is 10.0 Å². The van der Waals surface area contributed by atoms with Crippen molar-refractivity contribution in [1.29, 1.82) is 0 Å². The average molecular weight is 578 g/mol. The Morgan fingerprint density at radius 3 is 2.41 bits per heavy atom. The molecular formula is C26H26ClF2N5O4S. The van der Waals surface area contributed by atoms with Gasteiger partial charge in [0.1, 0.15) is 17.7 Å². The molecule has 1 atom stereocenters. The Bertz CT molecular complexity index is 1570. The summed E-state index contributed by atoms with van der Waals surface area (Å²) in [4.78, 5) is -0.0759. The van der Waals surface area contributed by atoms with E-state index in [1.54, 1.807) is 26.1 Å². The molecule has 0 amide bonds. The van der Waals surface area contributed by atoms with E-state index in [0.717, 1.165) is 0 Å². The summed E-state index contributed by atoms with van der Waals surface area (Å²) >= 11 is 6.36. The number of sulfonamides is 1. The van der Waals surface area contributed by atoms with Crippen LogP contribution in [-0.4, -0.2) is 47.1 Å². The second kappa shape index (κ2) is 11.5. The molecule has 0 aliphatic heterocycles. The summed E-state index contributed by atoms with van der Waals surface area (Å²) in [6, 6.07) is 6.98. The fourth-order valence-corrected chi connectivity index (χ4v) is 6.24. The number of hydrogen-bond donors (Lipinski definition) is 0. The summed E-state index contributed by atoms with van der Waals surface area (Å²) < 4.78 is 70.5. The lowest BCUT2D eigenvalue weighted by molar-refractivity contribution is 0.352. The number of allylic oxidation sites excluding steroid dienone is 5. The van der Waals surface area contributed by atoms with Crippen LogP contribution >= 0.6 is 11.6 Å². The Kier molecular flexibility index (Phi) is 8.36. The number of methoxy groups -OCH3 is 2. The number of nitrogens with zero attached hydrogens (tertiary/aromatic N) is 5. The van der Waals surface area contributed by atoms with E-state index >= 15 is 0 Å². The van der Waals surface area contributed by atoms with Gasteiger partial charge in [0, 0.05) is 35.8 Å². The smallest absolute Gasteiger partial charge is 0.264 e. The highest BCUT2D eigenvalue weighted by Gasteiger charge is 2.35. The first-order chi connectivity index (χ1) is 18.6. The van der Waals surface area contributed by atoms with Crippen molar-refractivity contribution in [2.24, 2.45) is 7.05 Å². The second-order valence-corrected chi connectivity index (χ2v) is 11.0. The van der Waals surface area contributed by atoms with E-state index in [-0.39, 0.29) is 39.9 Å². The summed E-state index contributed by atoms with van der Waals surface area (Å²) in [6.45, 7) is 1.64. The van der Waals surface area contributed by atoms with Crippen LogP contribution in [-0.2, 0) is 23.5 Å². The van der Waals surface area contributed by atoms with Gasteiger partial charge in [-0.25, -0.2) is 21.9 Å². The van der Waals surface area contributed by atoms with E-state index in [0.29, 0.717) is 17.0 Å². The minimum Gasteiger partial charge on any atom is -0.493 e. The monoisotopic (exact) mass is 577 g/mol. The predicted octanol–water partition coefficient (Wildman–Crippen LogP) is 4.84. The molecule has 0 saturated heterocycles. The third kappa shape index (κ3) is 5.81. The molecule has 13 heteroatoms. The van der Waals surface area contributed by atoms with Crippen LogP contribution < -0.4 is 9.47 Å². The number of aryl methyl sites for hydroxylation is 1. The first-order valence-corrected chi connectivity index (χ1v) is 13.6. The second-order valence-electron chi connectivity index (χ2n) is 8.72. The van der Waals surface area contributed by atoms with Crippen LogP contribution in [0.4, 0.5) is 8.78 Å². The van der Waals surface area contributed by atoms with Gasteiger partial charge in [-0.05, 0) is 66.3 Å². The van der Waals surface area contributed by atoms with Crippen molar-refractivity contribution in [3.8, 4) is 11.5 Å². The molecule has 3 aromatic rings. The normalized spacial score (nSPS) is 14.6. The van der Waals surface area contributed by atoms with Crippen molar-refractivity contribution >= 4 is 21.6 Å². The number of ether oxygens (including phenoxy) is 2. The van der Waals surface area contributed by atoms with Gasteiger partial charge in [-0.15, -0.1) is 5.10 Å². The summed E-state index contributed by atoms with van der Waals surface area (Å²) in [5.41, 5.74) is 0.646. The van der Waals surface area contributed by atoms with E-state index < -0.39 is 27.7 Å². The van der Waals surface area contributed by atoms with Crippen molar-refractivity contribution in [2.75, 3.05) is 14.2 Å². The SMILES string of the molecule is COc1ccc(S(=O)(=O)N(C2=CC=C(Cl)C=C(Cc3c(F)cccc3F)C2)C(C)c2nnnn2C)cc1OC. The fraction of sp³-hybridized carbons (Fsp3) is 0.269. The highest BCUT2D eigenvalue weighted by molar-refractivity contribution is 7.89. The van der Waals surface area contributed by atoms with Gasteiger partial charge in [0.05, 0.1) is 19.1 Å². The zero-order valence-electron chi connectivity index (χ0n) is 21.6. The van der Waals surface area contributed by atoms with E-state index in [1.807, 2.05) is 0 Å². The predicted molar refractivity (Wildman–Crippen MR) is 141 cm³/mol. The van der Waals surface area contributed by atoms with E-state index in [1.165, 1.54) is 65.7 Å². The molecule has 1 unspecified atom stereocenters. The van der Waals surface area contributed by atoms with Crippen LogP contribution in [0.5, 0.6) is 11.5 Å². The Labute approximate surface area is 230 Å². The van der Waals surface area contributed by atoms with Gasteiger partial charge < -0.3 is 9.47 Å². The Hall–Kier alpha value is -3.77. The van der Waals surface area contributed by atoms with Crippen molar-refractivity contribution < 1.29 is 26.7 Å². The Balaban J connectivity index is 1.83. The molecule has 0 saturated carbocycles. The molecule has 1 aliphatic carbocycles. The molecule has 1 aromatic heterocycles. The molecule has 1 heterocycles. The average Bonchev–Trinajstić information content (AvgIpc) is 3.25. The van der Waals surface area contributed by atoms with E-state index in [2.05, 4.69) is 15.5 Å². The fourth-order valence-electron chi connectivity index (χ4n) is 4.35. The lowest BCUT2D eigenvalue weighted by Crippen LogP contribution is -2.34. The number of benzene rings is 2. The molecule has 0 radical (unpaired) electrons. The van der Waals surface area contributed by atoms with E-state index in [9.17, 15) is 17.2 Å². The standard InChI is InChI=1S/C26H26ClF2N5O4S/c1-16(26-30-31-32-33(26)2)34(39(35,36)20-10-11-24(37-3)25(15-20)38-4)19-9-8-18(27)12-17(13-19)14-21-22(28)6-5-7-23(21)29/h5-12,15-16H,13-14H2,1-4H3. The van der Waals surface area contributed by atoms with Gasteiger partial charge in [-0.3, -0.25) is 4.31 Å². The molecule has 4 rings (SSSR count). The number of aromatic nitrogens is 4. The molecule has 1 aliphatic rings. The summed E-state index contributed by atoms with van der Waals surface area (Å²) in [5.74, 6) is -0.572. The maximum atomic E-state index is 14.5. The summed E-state index contributed by atoms with van der Waals surface area (Å²) in [5, 5.41) is 11.8. The molecule has 206 valence electrons. The molecule has 0 N–H and O–H groups in total. The van der Waals surface area contributed by atoms with Crippen molar-refractivity contribution in [3.05, 3.63) is 94.0 Å². The Morgan fingerprint density at radius 1 is 1.10 bits per heavy atom. The van der Waals surface area contributed by atoms with Gasteiger partial charge >= 0.3 is 0 Å². The quantitative estimate of drug-likeness (QED) is 0.359. The molecule has 2 aromatic carbocycles. The number of rotatable bonds is 9. The summed E-state index contributed by atoms with van der Waals surface area (Å²) in [6.07, 6.45) is 4.56. The highest BCUT2D eigenvalue weighted by atomic mass is 35.5. The van der Waals surface area contributed by atoms with Gasteiger partial charge in [0.2, 0.25) is 0 Å².